The molecule has 35 heavy (non-hydrogen) atoms. The van der Waals surface area contributed by atoms with E-state index in [-0.39, 0.29) is 22.5 Å². The second-order valence-corrected chi connectivity index (χ2v) is 11.7. The van der Waals surface area contributed by atoms with Crippen LogP contribution in [0, 0.1) is 11.1 Å². The highest BCUT2D eigenvalue weighted by Crippen LogP contribution is 2.68. The van der Waals surface area contributed by atoms with Crippen molar-refractivity contribution < 1.29 is 19.2 Å². The minimum absolute atomic E-state index is 0.139. The fraction of sp³-hybridized carbons (Fsp3) is 0.533. The summed E-state index contributed by atoms with van der Waals surface area (Å²) in [5.74, 6) is 1.37. The van der Waals surface area contributed by atoms with Crippen LogP contribution in [-0.4, -0.2) is 47.2 Å². The van der Waals surface area contributed by atoms with Crippen LogP contribution in [0.2, 0.25) is 0 Å². The standard InChI is InChI=1S/C30H35NO4/c1-20-13-14-30(34-17-5-8-21-6-3-2-4-7-21)25-18-23-11-12-24(32)27-26(23)29(30,28(20)35-27)15-16-31(25,33)19-22-9-10-22/h2-4,6-7,11-12,22,25,28,32H,1,5,8-10,13-19H2/t25-,28+,29+,30?,31+/m1/s1. The second kappa shape index (κ2) is 7.58. The number of hydrogen-bond acceptors (Lipinski definition) is 4. The van der Waals surface area contributed by atoms with E-state index in [9.17, 15) is 10.3 Å². The molecule has 2 aromatic rings. The van der Waals surface area contributed by atoms with E-state index in [1.54, 1.807) is 6.07 Å². The lowest BCUT2D eigenvalue weighted by Gasteiger charge is -2.69. The van der Waals surface area contributed by atoms with E-state index < -0.39 is 11.0 Å². The summed E-state index contributed by atoms with van der Waals surface area (Å²) in [7, 11) is 0. The molecule has 3 aliphatic carbocycles. The van der Waals surface area contributed by atoms with Gasteiger partial charge in [0.2, 0.25) is 0 Å². The van der Waals surface area contributed by atoms with Gasteiger partial charge in [0.1, 0.15) is 17.7 Å². The van der Waals surface area contributed by atoms with Crippen molar-refractivity contribution >= 4 is 0 Å². The van der Waals surface area contributed by atoms with Gasteiger partial charge in [-0.2, -0.15) is 0 Å². The molecule has 7 rings (SSSR count). The fourth-order valence-corrected chi connectivity index (χ4v) is 8.11. The lowest BCUT2D eigenvalue weighted by molar-refractivity contribution is -0.924. The number of phenolic OH excluding ortho intramolecular Hbond substituents is 1. The smallest absolute Gasteiger partial charge is 0.166 e. The van der Waals surface area contributed by atoms with Gasteiger partial charge in [-0.3, -0.25) is 0 Å². The summed E-state index contributed by atoms with van der Waals surface area (Å²) in [5, 5.41) is 25.4. The quantitative estimate of drug-likeness (QED) is 0.260. The minimum atomic E-state index is -0.587. The average Bonchev–Trinajstić information content (AvgIpc) is 3.59. The lowest BCUT2D eigenvalue weighted by Crippen LogP contribution is -2.80. The Kier molecular flexibility index (Phi) is 4.74. The molecule has 1 spiro atoms. The first-order valence-electron chi connectivity index (χ1n) is 13.4. The molecule has 2 bridgehead atoms. The van der Waals surface area contributed by atoms with Crippen LogP contribution < -0.4 is 4.74 Å². The fourth-order valence-electron chi connectivity index (χ4n) is 8.11. The summed E-state index contributed by atoms with van der Waals surface area (Å²) in [5.41, 5.74) is 3.64. The van der Waals surface area contributed by atoms with E-state index in [4.69, 9.17) is 9.47 Å². The molecule has 0 amide bonds. The number of benzene rings is 2. The molecule has 0 aromatic heterocycles. The molecular weight excluding hydrogens is 438 g/mol. The Hall–Kier alpha value is -2.34. The van der Waals surface area contributed by atoms with Gasteiger partial charge >= 0.3 is 0 Å². The monoisotopic (exact) mass is 473 g/mol. The van der Waals surface area contributed by atoms with Gasteiger partial charge in [0, 0.05) is 30.9 Å². The van der Waals surface area contributed by atoms with Crippen molar-refractivity contribution in [2.24, 2.45) is 5.92 Å². The van der Waals surface area contributed by atoms with Gasteiger partial charge < -0.3 is 24.4 Å². The number of quaternary nitrogens is 1. The maximum atomic E-state index is 14.7. The zero-order valence-corrected chi connectivity index (χ0v) is 20.4. The molecule has 0 radical (unpaired) electrons. The number of piperidine rings is 1. The third-order valence-corrected chi connectivity index (χ3v) is 9.78. The van der Waals surface area contributed by atoms with E-state index in [2.05, 4.69) is 30.8 Å². The van der Waals surface area contributed by atoms with Gasteiger partial charge in [-0.1, -0.05) is 43.0 Å². The lowest BCUT2D eigenvalue weighted by atomic mass is 9.48. The Balaban J connectivity index is 1.31. The molecule has 2 aliphatic heterocycles. The van der Waals surface area contributed by atoms with Crippen LogP contribution in [0.25, 0.3) is 0 Å². The number of rotatable bonds is 7. The SMILES string of the molecule is C=C1CCC2(OCCCc3ccccc3)[C@H]3Cc4ccc(O)c5c4[C@@]2(CC[N@+]3([O-])CC2CC2)[C@H]1O5. The summed E-state index contributed by atoms with van der Waals surface area (Å²) in [4.78, 5) is 0. The number of hydrogen-bond donors (Lipinski definition) is 1. The topological polar surface area (TPSA) is 61.8 Å². The van der Waals surface area contributed by atoms with Gasteiger partial charge in [-0.15, -0.1) is 0 Å². The number of aromatic hydroxyl groups is 1. The summed E-state index contributed by atoms with van der Waals surface area (Å²) >= 11 is 0. The number of phenols is 1. The van der Waals surface area contributed by atoms with Gasteiger partial charge in [-0.25, -0.2) is 0 Å². The van der Waals surface area contributed by atoms with Crippen molar-refractivity contribution in [3.8, 4) is 11.5 Å². The zero-order chi connectivity index (χ0) is 23.8. The van der Waals surface area contributed by atoms with Crippen LogP contribution in [0.5, 0.6) is 11.5 Å². The first-order chi connectivity index (χ1) is 17.0. The number of likely N-dealkylation sites (tertiary alicyclic amines) is 1. The van der Waals surface area contributed by atoms with Crippen LogP contribution in [-0.2, 0) is 23.0 Å². The summed E-state index contributed by atoms with van der Waals surface area (Å²) in [6.07, 6.45) is 7.05. The van der Waals surface area contributed by atoms with Gasteiger partial charge in [0.05, 0.1) is 18.5 Å². The molecule has 5 nitrogen and oxygen atoms in total. The molecule has 184 valence electrons. The maximum Gasteiger partial charge on any atom is 0.166 e. The highest BCUT2D eigenvalue weighted by atomic mass is 16.6. The molecule has 3 fully saturated rings. The molecule has 5 aliphatic rings. The molecule has 1 N–H and O–H groups in total. The normalized spacial score (nSPS) is 36.5. The largest absolute Gasteiger partial charge is 0.632 e. The minimum Gasteiger partial charge on any atom is -0.632 e. The zero-order valence-electron chi connectivity index (χ0n) is 20.4. The molecule has 1 saturated heterocycles. The predicted octanol–water partition coefficient (Wildman–Crippen LogP) is 5.18. The van der Waals surface area contributed by atoms with Gasteiger partial charge in [0.25, 0.3) is 0 Å². The van der Waals surface area contributed by atoms with Crippen molar-refractivity contribution in [1.29, 1.82) is 0 Å². The van der Waals surface area contributed by atoms with Crippen LogP contribution in [0.3, 0.4) is 0 Å². The Labute approximate surface area is 207 Å². The van der Waals surface area contributed by atoms with Crippen LogP contribution >= 0.6 is 0 Å². The van der Waals surface area contributed by atoms with Crippen molar-refractivity contribution in [3.63, 3.8) is 0 Å². The van der Waals surface area contributed by atoms with E-state index in [0.717, 1.165) is 48.8 Å². The Morgan fingerprint density at radius 1 is 1.14 bits per heavy atom. The van der Waals surface area contributed by atoms with Crippen molar-refractivity contribution in [3.05, 3.63) is 76.5 Å². The van der Waals surface area contributed by atoms with Gasteiger partial charge in [-0.05, 0) is 61.3 Å². The van der Waals surface area contributed by atoms with Crippen LogP contribution in [0.15, 0.2) is 54.6 Å². The number of aryl methyl sites for hydroxylation is 1. The Morgan fingerprint density at radius 2 is 1.97 bits per heavy atom. The summed E-state index contributed by atoms with van der Waals surface area (Å²) in [6, 6.07) is 14.2. The van der Waals surface area contributed by atoms with E-state index in [0.29, 0.717) is 37.8 Å². The Morgan fingerprint density at radius 3 is 2.77 bits per heavy atom. The number of nitrogens with zero attached hydrogens (tertiary/aromatic N) is 1. The second-order valence-electron chi connectivity index (χ2n) is 11.7. The first-order valence-corrected chi connectivity index (χ1v) is 13.4. The number of ether oxygens (including phenoxy) is 2. The van der Waals surface area contributed by atoms with E-state index in [1.165, 1.54) is 18.4 Å². The van der Waals surface area contributed by atoms with E-state index >= 15 is 0 Å². The van der Waals surface area contributed by atoms with Crippen molar-refractivity contribution in [1.82, 2.24) is 0 Å². The Bertz CT molecular complexity index is 1180. The average molecular weight is 474 g/mol. The molecular formula is C30H35NO4. The summed E-state index contributed by atoms with van der Waals surface area (Å²) < 4.78 is 13.5. The highest BCUT2D eigenvalue weighted by Gasteiger charge is 2.76. The van der Waals surface area contributed by atoms with Crippen molar-refractivity contribution in [2.75, 3.05) is 19.7 Å². The number of hydroxylamine groups is 3. The molecule has 5 heteroatoms. The van der Waals surface area contributed by atoms with Crippen molar-refractivity contribution in [2.45, 2.75) is 74.5 Å². The van der Waals surface area contributed by atoms with Crippen LogP contribution in [0.1, 0.15) is 55.2 Å². The third kappa shape index (κ3) is 2.98. The first kappa shape index (κ1) is 21.9. The maximum absolute atomic E-state index is 14.7. The highest BCUT2D eigenvalue weighted by molar-refractivity contribution is 5.63. The summed E-state index contributed by atoms with van der Waals surface area (Å²) in [6.45, 7) is 6.35. The third-order valence-electron chi connectivity index (χ3n) is 9.78. The predicted molar refractivity (Wildman–Crippen MR) is 134 cm³/mol. The molecule has 2 saturated carbocycles. The molecule has 2 heterocycles. The molecule has 2 aromatic carbocycles. The van der Waals surface area contributed by atoms with E-state index in [1.807, 2.05) is 12.1 Å². The van der Waals surface area contributed by atoms with Crippen LogP contribution in [0.4, 0.5) is 0 Å². The molecule has 1 unspecified atom stereocenters. The molecule has 5 atom stereocenters. The van der Waals surface area contributed by atoms with Gasteiger partial charge in [0.15, 0.2) is 11.5 Å².